The minimum Gasteiger partial charge on any atom is -0.490 e. The number of carbonyl (C=O) groups excluding carboxylic acids is 1. The first kappa shape index (κ1) is 14.7. The molecule has 0 bridgehead atoms. The van der Waals surface area contributed by atoms with Gasteiger partial charge < -0.3 is 15.4 Å². The second kappa shape index (κ2) is 6.58. The van der Waals surface area contributed by atoms with Gasteiger partial charge in [-0.3, -0.25) is 14.9 Å². The van der Waals surface area contributed by atoms with Crippen LogP contribution in [-0.2, 0) is 4.79 Å². The van der Waals surface area contributed by atoms with E-state index in [2.05, 4.69) is 10.6 Å². The van der Waals surface area contributed by atoms with Crippen molar-refractivity contribution in [3.8, 4) is 5.75 Å². The van der Waals surface area contributed by atoms with E-state index in [0.717, 1.165) is 0 Å². The second-order valence-corrected chi connectivity index (χ2v) is 3.90. The number of nitrogens with zero attached hydrogens (tertiary/aromatic N) is 1. The van der Waals surface area contributed by atoms with Gasteiger partial charge in [0.05, 0.1) is 12.0 Å². The molecular weight excluding hydrogens is 250 g/mol. The average molecular weight is 267 g/mol. The number of anilines is 1. The van der Waals surface area contributed by atoms with Crippen molar-refractivity contribution >= 4 is 17.3 Å². The van der Waals surface area contributed by atoms with Crippen LogP contribution in [0.15, 0.2) is 18.2 Å². The van der Waals surface area contributed by atoms with E-state index in [0.29, 0.717) is 12.2 Å². The van der Waals surface area contributed by atoms with Crippen LogP contribution >= 0.6 is 0 Å². The number of hydrogen-bond donors (Lipinski definition) is 2. The summed E-state index contributed by atoms with van der Waals surface area (Å²) in [6.07, 6.45) is 0. The maximum absolute atomic E-state index is 11.6. The summed E-state index contributed by atoms with van der Waals surface area (Å²) in [5, 5.41) is 16.4. The third-order valence-electron chi connectivity index (χ3n) is 2.50. The van der Waals surface area contributed by atoms with Crippen molar-refractivity contribution in [1.82, 2.24) is 5.32 Å². The van der Waals surface area contributed by atoms with Crippen molar-refractivity contribution < 1.29 is 14.5 Å². The molecule has 0 spiro atoms. The summed E-state index contributed by atoms with van der Waals surface area (Å²) in [6.45, 7) is 4.09. The summed E-state index contributed by atoms with van der Waals surface area (Å²) < 4.78 is 4.95. The molecule has 0 aliphatic heterocycles. The van der Waals surface area contributed by atoms with Crippen LogP contribution in [0.4, 0.5) is 11.4 Å². The number of rotatable bonds is 6. The van der Waals surface area contributed by atoms with Gasteiger partial charge in [0.2, 0.25) is 5.91 Å². The normalized spacial score (nSPS) is 11.5. The fourth-order valence-corrected chi connectivity index (χ4v) is 1.56. The predicted molar refractivity (Wildman–Crippen MR) is 71.4 cm³/mol. The molecule has 0 radical (unpaired) electrons. The van der Waals surface area contributed by atoms with Gasteiger partial charge in [0.15, 0.2) is 5.75 Å². The van der Waals surface area contributed by atoms with E-state index < -0.39 is 11.0 Å². The van der Waals surface area contributed by atoms with E-state index in [9.17, 15) is 14.9 Å². The number of methoxy groups -OCH3 is 1. The van der Waals surface area contributed by atoms with Gasteiger partial charge in [-0.2, -0.15) is 0 Å². The van der Waals surface area contributed by atoms with Crippen LogP contribution in [0.5, 0.6) is 5.75 Å². The first-order valence-electron chi connectivity index (χ1n) is 5.86. The third-order valence-corrected chi connectivity index (χ3v) is 2.50. The zero-order chi connectivity index (χ0) is 14.4. The number of nitro benzene ring substituents is 1. The van der Waals surface area contributed by atoms with Crippen molar-refractivity contribution in [1.29, 1.82) is 0 Å². The molecule has 104 valence electrons. The van der Waals surface area contributed by atoms with E-state index in [1.54, 1.807) is 6.92 Å². The standard InChI is InChI=1S/C12H17N3O4/c1-4-13-12(16)8(2)14-9-5-6-10(15(17)18)11(7-9)19-3/h5-8,14H,4H2,1-3H3,(H,13,16). The highest BCUT2D eigenvalue weighted by Crippen LogP contribution is 2.29. The van der Waals surface area contributed by atoms with Gasteiger partial charge in [-0.05, 0) is 19.9 Å². The van der Waals surface area contributed by atoms with E-state index in [1.807, 2.05) is 6.92 Å². The molecule has 1 amide bonds. The number of likely N-dealkylation sites (N-methyl/N-ethyl adjacent to an activating group) is 1. The zero-order valence-corrected chi connectivity index (χ0v) is 11.1. The fraction of sp³-hybridized carbons (Fsp3) is 0.417. The van der Waals surface area contributed by atoms with Gasteiger partial charge in [-0.15, -0.1) is 0 Å². The predicted octanol–water partition coefficient (Wildman–Crippen LogP) is 1.54. The SMILES string of the molecule is CCNC(=O)C(C)Nc1ccc([N+](=O)[O-])c(OC)c1. The summed E-state index contributed by atoms with van der Waals surface area (Å²) in [5.41, 5.74) is 0.472. The molecule has 0 saturated carbocycles. The molecule has 19 heavy (non-hydrogen) atoms. The number of ether oxygens (including phenoxy) is 1. The van der Waals surface area contributed by atoms with E-state index >= 15 is 0 Å². The Morgan fingerprint density at radius 2 is 2.21 bits per heavy atom. The minimum atomic E-state index is -0.518. The van der Waals surface area contributed by atoms with Crippen molar-refractivity contribution in [2.24, 2.45) is 0 Å². The lowest BCUT2D eigenvalue weighted by molar-refractivity contribution is -0.385. The molecule has 0 aliphatic carbocycles. The Morgan fingerprint density at radius 1 is 1.53 bits per heavy atom. The number of nitrogens with one attached hydrogen (secondary N) is 2. The monoisotopic (exact) mass is 267 g/mol. The fourth-order valence-electron chi connectivity index (χ4n) is 1.56. The summed E-state index contributed by atoms with van der Waals surface area (Å²) >= 11 is 0. The van der Waals surface area contributed by atoms with Crippen molar-refractivity contribution in [3.63, 3.8) is 0 Å². The van der Waals surface area contributed by atoms with Gasteiger partial charge in [-0.1, -0.05) is 0 Å². The third kappa shape index (κ3) is 3.84. The van der Waals surface area contributed by atoms with Crippen LogP contribution in [0.25, 0.3) is 0 Å². The molecule has 1 unspecified atom stereocenters. The largest absolute Gasteiger partial charge is 0.490 e. The molecule has 0 heterocycles. The molecule has 1 rings (SSSR count). The zero-order valence-electron chi connectivity index (χ0n) is 11.1. The smallest absolute Gasteiger partial charge is 0.311 e. The lowest BCUT2D eigenvalue weighted by Crippen LogP contribution is -2.37. The Hall–Kier alpha value is -2.31. The molecule has 1 atom stereocenters. The Morgan fingerprint density at radius 3 is 2.74 bits per heavy atom. The highest BCUT2D eigenvalue weighted by Gasteiger charge is 2.17. The van der Waals surface area contributed by atoms with Crippen LogP contribution in [0.3, 0.4) is 0 Å². The molecule has 2 N–H and O–H groups in total. The number of benzene rings is 1. The van der Waals surface area contributed by atoms with Gasteiger partial charge in [0.25, 0.3) is 0 Å². The first-order valence-corrected chi connectivity index (χ1v) is 5.86. The molecule has 0 aliphatic rings. The maximum Gasteiger partial charge on any atom is 0.311 e. The summed E-state index contributed by atoms with van der Waals surface area (Å²) in [6, 6.07) is 3.93. The lowest BCUT2D eigenvalue weighted by Gasteiger charge is -2.15. The average Bonchev–Trinajstić information content (AvgIpc) is 2.38. The van der Waals surface area contributed by atoms with Crippen molar-refractivity contribution in [2.45, 2.75) is 19.9 Å². The molecular formula is C12H17N3O4. The van der Waals surface area contributed by atoms with Gasteiger partial charge in [0, 0.05) is 24.4 Å². The Kier molecular flexibility index (Phi) is 5.11. The molecule has 7 heteroatoms. The Balaban J connectivity index is 2.85. The second-order valence-electron chi connectivity index (χ2n) is 3.90. The maximum atomic E-state index is 11.6. The minimum absolute atomic E-state index is 0.112. The van der Waals surface area contributed by atoms with Gasteiger partial charge >= 0.3 is 5.69 Å². The van der Waals surface area contributed by atoms with E-state index in [-0.39, 0.29) is 17.3 Å². The highest BCUT2D eigenvalue weighted by atomic mass is 16.6. The van der Waals surface area contributed by atoms with Crippen molar-refractivity contribution in [3.05, 3.63) is 28.3 Å². The number of hydrogen-bond acceptors (Lipinski definition) is 5. The van der Waals surface area contributed by atoms with Crippen LogP contribution in [0, 0.1) is 10.1 Å². The molecule has 1 aromatic carbocycles. The van der Waals surface area contributed by atoms with Crippen LogP contribution in [-0.4, -0.2) is 30.5 Å². The summed E-state index contributed by atoms with van der Waals surface area (Å²) in [7, 11) is 1.36. The summed E-state index contributed by atoms with van der Waals surface area (Å²) in [4.78, 5) is 21.8. The molecule has 0 aromatic heterocycles. The Labute approximate surface area is 111 Å². The number of amides is 1. The molecule has 1 aromatic rings. The number of carbonyl (C=O) groups is 1. The first-order chi connectivity index (χ1) is 8.99. The summed E-state index contributed by atoms with van der Waals surface area (Å²) in [5.74, 6) is 0.0120. The number of nitro groups is 1. The molecule has 0 saturated heterocycles. The van der Waals surface area contributed by atoms with Crippen molar-refractivity contribution in [2.75, 3.05) is 19.0 Å². The van der Waals surface area contributed by atoms with E-state index in [4.69, 9.17) is 4.74 Å². The quantitative estimate of drug-likeness (QED) is 0.602. The topological polar surface area (TPSA) is 93.5 Å². The van der Waals surface area contributed by atoms with Gasteiger partial charge in [-0.25, -0.2) is 0 Å². The van der Waals surface area contributed by atoms with Crippen LogP contribution in [0.1, 0.15) is 13.8 Å². The lowest BCUT2D eigenvalue weighted by atomic mass is 10.2. The Bertz CT molecular complexity index is 476. The highest BCUT2D eigenvalue weighted by molar-refractivity contribution is 5.84. The van der Waals surface area contributed by atoms with Crippen LogP contribution < -0.4 is 15.4 Å². The molecule has 0 fully saturated rings. The molecule has 7 nitrogen and oxygen atoms in total. The van der Waals surface area contributed by atoms with Gasteiger partial charge in [0.1, 0.15) is 6.04 Å². The van der Waals surface area contributed by atoms with Crippen LogP contribution in [0.2, 0.25) is 0 Å². The van der Waals surface area contributed by atoms with E-state index in [1.165, 1.54) is 25.3 Å².